The monoisotopic (exact) mass is 441 g/mol. The van der Waals surface area contributed by atoms with Gasteiger partial charge in [0.2, 0.25) is 0 Å². The van der Waals surface area contributed by atoms with Crippen LogP contribution in [0.3, 0.4) is 0 Å². The Balaban J connectivity index is 1.74. The second-order valence-electron chi connectivity index (χ2n) is 6.84. The fourth-order valence-corrected chi connectivity index (χ4v) is 4.22. The molecule has 1 N–H and O–H groups in total. The molecule has 1 fully saturated rings. The van der Waals surface area contributed by atoms with E-state index in [1.807, 2.05) is 60.8 Å². The summed E-state index contributed by atoms with van der Waals surface area (Å²) in [6.45, 7) is 4.28. The van der Waals surface area contributed by atoms with Gasteiger partial charge < -0.3 is 14.6 Å². The van der Waals surface area contributed by atoms with Gasteiger partial charge in [-0.25, -0.2) is 0 Å². The number of hydrogen-bond donors (Lipinski definition) is 1. The second kappa shape index (κ2) is 7.44. The van der Waals surface area contributed by atoms with Crippen molar-refractivity contribution in [2.24, 2.45) is 0 Å². The molecule has 1 aliphatic rings. The number of furan rings is 1. The fourth-order valence-electron chi connectivity index (χ4n) is 3.51. The van der Waals surface area contributed by atoms with E-state index in [4.69, 9.17) is 16.6 Å². The minimum atomic E-state index is -0.0509. The molecular weight excluding hydrogens is 422 g/mol. The van der Waals surface area contributed by atoms with Gasteiger partial charge in [0.05, 0.1) is 11.7 Å². The van der Waals surface area contributed by atoms with Crippen LogP contribution in [0.25, 0.3) is 11.3 Å². The Kier molecular flexibility index (Phi) is 5.02. The third kappa shape index (κ3) is 3.51. The Morgan fingerprint density at radius 1 is 1.11 bits per heavy atom. The number of hydrogen-bond acceptors (Lipinski definition) is 3. The second-order valence-corrected chi connectivity index (χ2v) is 8.14. The van der Waals surface area contributed by atoms with Gasteiger partial charge in [0.1, 0.15) is 17.6 Å². The molecule has 0 saturated carbocycles. The predicted octanol–water partition coefficient (Wildman–Crippen LogP) is 5.49. The molecule has 3 heterocycles. The molecule has 0 amide bonds. The minimum absolute atomic E-state index is 0.0448. The normalized spacial score (nSPS) is 19.6. The van der Waals surface area contributed by atoms with Gasteiger partial charge in [-0.05, 0) is 62.5 Å². The van der Waals surface area contributed by atoms with Crippen molar-refractivity contribution >= 4 is 33.3 Å². The van der Waals surface area contributed by atoms with Crippen molar-refractivity contribution in [1.29, 1.82) is 0 Å². The highest BCUT2D eigenvalue weighted by Gasteiger charge is 2.42. The summed E-state index contributed by atoms with van der Waals surface area (Å²) in [4.78, 5) is 6.74. The zero-order valence-electron chi connectivity index (χ0n) is 15.1. The van der Waals surface area contributed by atoms with Crippen LogP contribution in [0.2, 0.25) is 0 Å². The van der Waals surface area contributed by atoms with Gasteiger partial charge in [0, 0.05) is 22.3 Å². The number of thiocarbonyl (C=S) groups is 1. The molecule has 0 unspecified atom stereocenters. The van der Waals surface area contributed by atoms with Crippen LogP contribution < -0.4 is 5.32 Å². The van der Waals surface area contributed by atoms with Gasteiger partial charge in [-0.1, -0.05) is 34.1 Å². The average molecular weight is 442 g/mol. The number of rotatable bonds is 4. The van der Waals surface area contributed by atoms with Crippen molar-refractivity contribution in [3.05, 3.63) is 76.7 Å². The maximum atomic E-state index is 6.29. The standard InChI is InChI=1S/C21H20BrN3OS/c1-13(2)25-20(19(24-21(25)27)16-5-3-4-12-23-16)18-11-10-17(26-18)14-6-8-15(22)9-7-14/h3-13,19-20H,1-2H3,(H,24,27)/t19-,20-/m1/s1. The van der Waals surface area contributed by atoms with Crippen molar-refractivity contribution in [2.45, 2.75) is 32.0 Å². The van der Waals surface area contributed by atoms with Gasteiger partial charge in [-0.15, -0.1) is 0 Å². The Morgan fingerprint density at radius 3 is 2.56 bits per heavy atom. The maximum absolute atomic E-state index is 6.29. The SMILES string of the molecule is CC(C)N1C(=S)N[C@H](c2ccccn2)[C@H]1c1ccc(-c2ccc(Br)cc2)o1. The number of pyridine rings is 1. The molecule has 6 heteroatoms. The number of halogens is 1. The van der Waals surface area contributed by atoms with Crippen LogP contribution >= 0.6 is 28.1 Å². The van der Waals surface area contributed by atoms with E-state index >= 15 is 0 Å². The topological polar surface area (TPSA) is 41.3 Å². The maximum Gasteiger partial charge on any atom is 0.170 e. The summed E-state index contributed by atoms with van der Waals surface area (Å²) < 4.78 is 7.34. The van der Waals surface area contributed by atoms with E-state index in [0.29, 0.717) is 0 Å². The third-order valence-corrected chi connectivity index (χ3v) is 5.60. The summed E-state index contributed by atoms with van der Waals surface area (Å²) in [6.07, 6.45) is 1.81. The van der Waals surface area contributed by atoms with E-state index in [1.165, 1.54) is 0 Å². The van der Waals surface area contributed by atoms with E-state index in [0.717, 1.165) is 32.4 Å². The molecular formula is C21H20BrN3OS. The molecule has 4 nitrogen and oxygen atoms in total. The van der Waals surface area contributed by atoms with Gasteiger partial charge >= 0.3 is 0 Å². The lowest BCUT2D eigenvalue weighted by Gasteiger charge is -2.29. The first-order valence-corrected chi connectivity index (χ1v) is 10.1. The smallest absolute Gasteiger partial charge is 0.170 e. The van der Waals surface area contributed by atoms with Crippen molar-refractivity contribution in [2.75, 3.05) is 0 Å². The first kappa shape index (κ1) is 18.2. The summed E-state index contributed by atoms with van der Waals surface area (Å²) in [6, 6.07) is 18.3. The molecule has 1 aromatic carbocycles. The van der Waals surface area contributed by atoms with Crippen molar-refractivity contribution in [3.63, 3.8) is 0 Å². The lowest BCUT2D eigenvalue weighted by atomic mass is 10.0. The minimum Gasteiger partial charge on any atom is -0.459 e. The highest BCUT2D eigenvalue weighted by Crippen LogP contribution is 2.41. The van der Waals surface area contributed by atoms with E-state index in [2.05, 4.69) is 45.0 Å². The lowest BCUT2D eigenvalue weighted by molar-refractivity contribution is 0.237. The predicted molar refractivity (Wildman–Crippen MR) is 114 cm³/mol. The van der Waals surface area contributed by atoms with Crippen molar-refractivity contribution in [3.8, 4) is 11.3 Å². The number of nitrogens with zero attached hydrogens (tertiary/aromatic N) is 2. The zero-order chi connectivity index (χ0) is 19.0. The number of nitrogens with one attached hydrogen (secondary N) is 1. The first-order valence-electron chi connectivity index (χ1n) is 8.90. The molecule has 0 spiro atoms. The van der Waals surface area contributed by atoms with Crippen LogP contribution in [0, 0.1) is 0 Å². The zero-order valence-corrected chi connectivity index (χ0v) is 17.5. The molecule has 27 heavy (non-hydrogen) atoms. The Labute approximate surface area is 172 Å². The fraction of sp³-hybridized carbons (Fsp3) is 0.238. The largest absolute Gasteiger partial charge is 0.459 e. The molecule has 2 atom stereocenters. The molecule has 0 radical (unpaired) electrons. The Morgan fingerprint density at radius 2 is 1.89 bits per heavy atom. The van der Waals surface area contributed by atoms with E-state index in [9.17, 15) is 0 Å². The molecule has 0 aliphatic carbocycles. The number of benzene rings is 1. The quantitative estimate of drug-likeness (QED) is 0.542. The van der Waals surface area contributed by atoms with Crippen LogP contribution in [0.15, 0.2) is 69.7 Å². The lowest BCUT2D eigenvalue weighted by Crippen LogP contribution is -2.35. The van der Waals surface area contributed by atoms with Crippen LogP contribution in [-0.4, -0.2) is 21.0 Å². The van der Waals surface area contributed by atoms with E-state index < -0.39 is 0 Å². The van der Waals surface area contributed by atoms with Gasteiger partial charge in [-0.3, -0.25) is 4.98 Å². The van der Waals surface area contributed by atoms with Crippen LogP contribution in [0.4, 0.5) is 0 Å². The molecule has 3 aromatic rings. The summed E-state index contributed by atoms with van der Waals surface area (Å²) in [7, 11) is 0. The van der Waals surface area contributed by atoms with Crippen LogP contribution in [-0.2, 0) is 0 Å². The highest BCUT2D eigenvalue weighted by molar-refractivity contribution is 9.10. The average Bonchev–Trinajstić information content (AvgIpc) is 3.27. The highest BCUT2D eigenvalue weighted by atomic mass is 79.9. The first-order chi connectivity index (χ1) is 13.0. The van der Waals surface area contributed by atoms with Crippen molar-refractivity contribution < 1.29 is 4.42 Å². The summed E-state index contributed by atoms with van der Waals surface area (Å²) >= 11 is 9.10. The molecule has 4 rings (SSSR count). The number of aromatic nitrogens is 1. The summed E-state index contributed by atoms with van der Waals surface area (Å²) in [5.74, 6) is 1.73. The molecule has 1 aliphatic heterocycles. The van der Waals surface area contributed by atoms with Gasteiger partial charge in [0.25, 0.3) is 0 Å². The van der Waals surface area contributed by atoms with Crippen LogP contribution in [0.5, 0.6) is 0 Å². The summed E-state index contributed by atoms with van der Waals surface area (Å²) in [5, 5.41) is 4.16. The van der Waals surface area contributed by atoms with Crippen molar-refractivity contribution in [1.82, 2.24) is 15.2 Å². The Bertz CT molecular complexity index is 940. The van der Waals surface area contributed by atoms with E-state index in [1.54, 1.807) is 0 Å². The molecule has 1 saturated heterocycles. The molecule has 2 aromatic heterocycles. The molecule has 0 bridgehead atoms. The Hall–Kier alpha value is -2.18. The molecule has 138 valence electrons. The third-order valence-electron chi connectivity index (χ3n) is 4.74. The van der Waals surface area contributed by atoms with Gasteiger partial charge in [0.15, 0.2) is 5.11 Å². The summed E-state index contributed by atoms with van der Waals surface area (Å²) in [5.41, 5.74) is 2.00. The van der Waals surface area contributed by atoms with Gasteiger partial charge in [-0.2, -0.15) is 0 Å². The van der Waals surface area contributed by atoms with Crippen LogP contribution in [0.1, 0.15) is 37.4 Å². The van der Waals surface area contributed by atoms with E-state index in [-0.39, 0.29) is 18.1 Å².